The summed E-state index contributed by atoms with van der Waals surface area (Å²) in [5.74, 6) is -0.172. The smallest absolute Gasteiger partial charge is 0.246 e. The van der Waals surface area contributed by atoms with Gasteiger partial charge in [-0.05, 0) is 12.5 Å². The van der Waals surface area contributed by atoms with Crippen molar-refractivity contribution < 1.29 is 19.4 Å². The van der Waals surface area contributed by atoms with E-state index in [4.69, 9.17) is 16.3 Å². The van der Waals surface area contributed by atoms with Crippen molar-refractivity contribution in [1.29, 1.82) is 0 Å². The number of aromatic hydroxyl groups is 1. The van der Waals surface area contributed by atoms with Crippen LogP contribution in [0, 0.1) is 0 Å². The van der Waals surface area contributed by atoms with E-state index < -0.39 is 6.04 Å². The van der Waals surface area contributed by atoms with Crippen molar-refractivity contribution in [3.8, 4) is 11.5 Å². The molecule has 2 amide bonds. The summed E-state index contributed by atoms with van der Waals surface area (Å²) in [6, 6.07) is 2.67. The molecule has 0 radical (unpaired) electrons. The van der Waals surface area contributed by atoms with Crippen LogP contribution in [-0.2, 0) is 16.1 Å². The highest BCUT2D eigenvalue weighted by atomic mass is 35.5. The number of imide groups is 1. The number of rotatable bonds is 4. The number of phenolic OH excluding ortho intramolecular Hbond substituents is 1. The van der Waals surface area contributed by atoms with Gasteiger partial charge in [0.15, 0.2) is 11.5 Å². The molecule has 1 saturated heterocycles. The highest BCUT2D eigenvalue weighted by Crippen LogP contribution is 2.33. The summed E-state index contributed by atoms with van der Waals surface area (Å²) in [4.78, 5) is 24.5. The zero-order valence-electron chi connectivity index (χ0n) is 11.9. The molecule has 0 spiro atoms. The van der Waals surface area contributed by atoms with E-state index in [1.54, 1.807) is 6.07 Å². The Morgan fingerprint density at radius 2 is 2.19 bits per heavy atom. The van der Waals surface area contributed by atoms with Crippen LogP contribution in [0.2, 0.25) is 5.02 Å². The number of carbonyl (C=O) groups is 2. The Kier molecular flexibility index (Phi) is 4.69. The first kappa shape index (κ1) is 15.6. The topological polar surface area (TPSA) is 78.9 Å². The molecule has 1 aromatic carbocycles. The van der Waals surface area contributed by atoms with E-state index in [1.165, 1.54) is 20.2 Å². The van der Waals surface area contributed by atoms with Gasteiger partial charge in [0.2, 0.25) is 11.8 Å². The summed E-state index contributed by atoms with van der Waals surface area (Å²) in [5, 5.41) is 13.5. The second kappa shape index (κ2) is 6.32. The van der Waals surface area contributed by atoms with E-state index in [-0.39, 0.29) is 29.9 Å². The van der Waals surface area contributed by atoms with Crippen molar-refractivity contribution >= 4 is 23.4 Å². The molecule has 0 bridgehead atoms. The molecule has 1 unspecified atom stereocenters. The van der Waals surface area contributed by atoms with Crippen LogP contribution in [0.15, 0.2) is 12.1 Å². The molecule has 1 aromatic rings. The second-order valence-corrected chi connectivity index (χ2v) is 5.32. The highest BCUT2D eigenvalue weighted by Gasteiger charge is 2.31. The van der Waals surface area contributed by atoms with Crippen LogP contribution in [0.1, 0.15) is 18.4 Å². The van der Waals surface area contributed by atoms with Crippen molar-refractivity contribution in [2.45, 2.75) is 25.4 Å². The molecule has 1 atom stereocenters. The van der Waals surface area contributed by atoms with Crippen LogP contribution in [0.4, 0.5) is 0 Å². The molecular weight excluding hydrogens is 296 g/mol. The summed E-state index contributed by atoms with van der Waals surface area (Å²) in [6.45, 7) is 0.251. The van der Waals surface area contributed by atoms with Gasteiger partial charge < -0.3 is 15.2 Å². The average molecular weight is 313 g/mol. The van der Waals surface area contributed by atoms with Gasteiger partial charge in [0.25, 0.3) is 0 Å². The molecule has 1 heterocycles. The Labute approximate surface area is 127 Å². The Balaban J connectivity index is 2.08. The number of amides is 2. The minimum absolute atomic E-state index is 0.0120. The Morgan fingerprint density at radius 3 is 2.86 bits per heavy atom. The highest BCUT2D eigenvalue weighted by molar-refractivity contribution is 6.30. The van der Waals surface area contributed by atoms with Crippen molar-refractivity contribution in [1.82, 2.24) is 10.2 Å². The molecular formula is C14H17ClN2O4. The molecule has 0 aromatic heterocycles. The maximum Gasteiger partial charge on any atom is 0.246 e. The number of carbonyl (C=O) groups excluding carboxylic acids is 2. The number of likely N-dealkylation sites (N-methyl/N-ethyl adjacent to an activating group) is 1. The summed E-state index contributed by atoms with van der Waals surface area (Å²) in [6.07, 6.45) is 0.769. The van der Waals surface area contributed by atoms with Gasteiger partial charge >= 0.3 is 0 Å². The molecule has 2 N–H and O–H groups in total. The van der Waals surface area contributed by atoms with Crippen LogP contribution < -0.4 is 10.1 Å². The second-order valence-electron chi connectivity index (χ2n) is 4.88. The van der Waals surface area contributed by atoms with Gasteiger partial charge in [-0.15, -0.1) is 0 Å². The molecule has 1 aliphatic rings. The fourth-order valence-corrected chi connectivity index (χ4v) is 2.49. The van der Waals surface area contributed by atoms with Crippen LogP contribution in [0.3, 0.4) is 0 Å². The zero-order chi connectivity index (χ0) is 15.6. The molecule has 0 aliphatic carbocycles. The summed E-state index contributed by atoms with van der Waals surface area (Å²) in [5.41, 5.74) is 0.534. The van der Waals surface area contributed by atoms with Crippen molar-refractivity contribution in [3.05, 3.63) is 22.7 Å². The lowest BCUT2D eigenvalue weighted by atomic mass is 10.0. The first-order valence-corrected chi connectivity index (χ1v) is 6.91. The van der Waals surface area contributed by atoms with E-state index >= 15 is 0 Å². The van der Waals surface area contributed by atoms with E-state index in [0.29, 0.717) is 23.4 Å². The monoisotopic (exact) mass is 312 g/mol. The van der Waals surface area contributed by atoms with Gasteiger partial charge in [-0.25, -0.2) is 0 Å². The summed E-state index contributed by atoms with van der Waals surface area (Å²) < 4.78 is 5.03. The number of likely N-dealkylation sites (tertiary alicyclic amines) is 1. The van der Waals surface area contributed by atoms with Gasteiger partial charge in [-0.1, -0.05) is 11.6 Å². The largest absolute Gasteiger partial charge is 0.504 e. The van der Waals surface area contributed by atoms with Gasteiger partial charge in [0.05, 0.1) is 13.2 Å². The van der Waals surface area contributed by atoms with Gasteiger partial charge in [-0.2, -0.15) is 0 Å². The predicted molar refractivity (Wildman–Crippen MR) is 77.3 cm³/mol. The lowest BCUT2D eigenvalue weighted by molar-refractivity contribution is -0.148. The van der Waals surface area contributed by atoms with Crippen LogP contribution in [0.25, 0.3) is 0 Å². The number of hydrogen-bond donors (Lipinski definition) is 2. The van der Waals surface area contributed by atoms with Crippen molar-refractivity contribution in [2.75, 3.05) is 14.2 Å². The maximum atomic E-state index is 12.0. The molecule has 1 fully saturated rings. The molecule has 2 rings (SSSR count). The number of hydrogen-bond acceptors (Lipinski definition) is 5. The summed E-state index contributed by atoms with van der Waals surface area (Å²) in [7, 11) is 2.91. The van der Waals surface area contributed by atoms with E-state index in [9.17, 15) is 14.7 Å². The predicted octanol–water partition coefficient (Wildman–Crippen LogP) is 1.29. The standard InChI is InChI=1S/C14H17ClN2O4/c1-17-12(18)4-3-10(14(17)20)16-7-8-5-9(15)6-11(21-2)13(8)19/h5-6,10,16,19H,3-4,7H2,1-2H3. The molecule has 6 nitrogen and oxygen atoms in total. The number of phenols is 1. The number of ether oxygens (including phenoxy) is 1. The number of piperidine rings is 1. The molecule has 1 aliphatic heterocycles. The SMILES string of the molecule is COc1cc(Cl)cc(CNC2CCC(=O)N(C)C2=O)c1O. The normalized spacial score (nSPS) is 19.0. The number of nitrogens with zero attached hydrogens (tertiary/aromatic N) is 1. The molecule has 0 saturated carbocycles. The van der Waals surface area contributed by atoms with Gasteiger partial charge in [0, 0.05) is 36.7 Å². The lowest BCUT2D eigenvalue weighted by Crippen LogP contribution is -2.51. The van der Waals surface area contributed by atoms with Crippen molar-refractivity contribution in [2.24, 2.45) is 0 Å². The van der Waals surface area contributed by atoms with Gasteiger partial charge in [0.1, 0.15) is 0 Å². The number of benzene rings is 1. The average Bonchev–Trinajstić information content (AvgIpc) is 2.47. The summed E-state index contributed by atoms with van der Waals surface area (Å²) >= 11 is 5.95. The number of methoxy groups -OCH3 is 1. The Bertz CT molecular complexity index is 576. The van der Waals surface area contributed by atoms with Crippen LogP contribution in [-0.4, -0.2) is 42.0 Å². The number of halogens is 1. The lowest BCUT2D eigenvalue weighted by Gasteiger charge is -2.28. The molecule has 7 heteroatoms. The van der Waals surface area contributed by atoms with E-state index in [0.717, 1.165) is 4.90 Å². The molecule has 21 heavy (non-hydrogen) atoms. The molecule has 114 valence electrons. The van der Waals surface area contributed by atoms with Crippen LogP contribution >= 0.6 is 11.6 Å². The third-order valence-corrected chi connectivity index (χ3v) is 3.75. The minimum Gasteiger partial charge on any atom is -0.504 e. The third kappa shape index (κ3) is 3.28. The Morgan fingerprint density at radius 1 is 1.48 bits per heavy atom. The van der Waals surface area contributed by atoms with E-state index in [2.05, 4.69) is 5.32 Å². The minimum atomic E-state index is -0.447. The Hall–Kier alpha value is -1.79. The fraction of sp³-hybridized carbons (Fsp3) is 0.429. The fourth-order valence-electron chi connectivity index (χ4n) is 2.26. The first-order valence-electron chi connectivity index (χ1n) is 6.53. The number of nitrogens with one attached hydrogen (secondary N) is 1. The third-order valence-electron chi connectivity index (χ3n) is 3.53. The first-order chi connectivity index (χ1) is 9.93. The quantitative estimate of drug-likeness (QED) is 0.819. The maximum absolute atomic E-state index is 12.0. The van der Waals surface area contributed by atoms with Crippen LogP contribution in [0.5, 0.6) is 11.5 Å². The zero-order valence-corrected chi connectivity index (χ0v) is 12.6. The van der Waals surface area contributed by atoms with Crippen molar-refractivity contribution in [3.63, 3.8) is 0 Å². The van der Waals surface area contributed by atoms with Gasteiger partial charge in [-0.3, -0.25) is 14.5 Å². The van der Waals surface area contributed by atoms with E-state index in [1.807, 2.05) is 0 Å².